The van der Waals surface area contributed by atoms with Crippen LogP contribution in [0.2, 0.25) is 0 Å². The molecule has 0 aliphatic carbocycles. The average molecular weight is 304 g/mol. The average Bonchev–Trinajstić information content (AvgIpc) is 3.11. The molecule has 6 heteroatoms. The van der Waals surface area contributed by atoms with Crippen LogP contribution >= 0.6 is 11.8 Å². The zero-order valence-corrected chi connectivity index (χ0v) is 12.5. The summed E-state index contributed by atoms with van der Waals surface area (Å²) in [7, 11) is 1.50. The molecule has 2 heterocycles. The van der Waals surface area contributed by atoms with Gasteiger partial charge >= 0.3 is 0 Å². The second-order valence-electron chi connectivity index (χ2n) is 4.90. The fourth-order valence-corrected chi connectivity index (χ4v) is 3.36. The molecular weight excluding hydrogens is 288 g/mol. The summed E-state index contributed by atoms with van der Waals surface area (Å²) in [5, 5.41) is 10.8. The van der Waals surface area contributed by atoms with Crippen LogP contribution in [-0.4, -0.2) is 41.3 Å². The third-order valence-corrected chi connectivity index (χ3v) is 4.57. The van der Waals surface area contributed by atoms with Crippen LogP contribution in [0.4, 0.5) is 0 Å². The molecule has 0 aromatic heterocycles. The van der Waals surface area contributed by atoms with E-state index in [0.29, 0.717) is 16.2 Å². The highest BCUT2D eigenvalue weighted by Gasteiger charge is 2.27. The van der Waals surface area contributed by atoms with Crippen molar-refractivity contribution < 1.29 is 14.6 Å². The normalized spacial score (nSPS) is 20.2. The van der Waals surface area contributed by atoms with Crippen molar-refractivity contribution in [1.29, 1.82) is 0 Å². The molecule has 3 rings (SSSR count). The summed E-state index contributed by atoms with van der Waals surface area (Å²) >= 11 is 1.37. The number of amidine groups is 1. The van der Waals surface area contributed by atoms with Gasteiger partial charge in [-0.3, -0.25) is 4.79 Å². The smallest absolute Gasteiger partial charge is 0.286 e. The summed E-state index contributed by atoms with van der Waals surface area (Å²) < 4.78 is 5.07. The van der Waals surface area contributed by atoms with Gasteiger partial charge in [-0.05, 0) is 36.7 Å². The minimum absolute atomic E-state index is 0.0375. The SMILES string of the molecule is COc1cccc(/C=C2\SC(N3CCCC3)=NC2=O)c1O. The summed E-state index contributed by atoms with van der Waals surface area (Å²) in [5.41, 5.74) is 0.558. The molecule has 21 heavy (non-hydrogen) atoms. The highest BCUT2D eigenvalue weighted by molar-refractivity contribution is 8.18. The maximum absolute atomic E-state index is 12.0. The molecule has 0 bridgehead atoms. The van der Waals surface area contributed by atoms with Gasteiger partial charge in [0.1, 0.15) is 0 Å². The van der Waals surface area contributed by atoms with Crippen LogP contribution in [0, 0.1) is 0 Å². The predicted molar refractivity (Wildman–Crippen MR) is 83.5 cm³/mol. The van der Waals surface area contributed by atoms with E-state index in [-0.39, 0.29) is 11.7 Å². The van der Waals surface area contributed by atoms with Crippen LogP contribution in [0.5, 0.6) is 11.5 Å². The minimum Gasteiger partial charge on any atom is -0.504 e. The Hall–Kier alpha value is -1.95. The number of nitrogens with zero attached hydrogens (tertiary/aromatic N) is 2. The van der Waals surface area contributed by atoms with Gasteiger partial charge in [0.2, 0.25) is 0 Å². The van der Waals surface area contributed by atoms with E-state index in [1.807, 2.05) is 0 Å². The van der Waals surface area contributed by atoms with Crippen molar-refractivity contribution >= 4 is 28.9 Å². The standard InChI is InChI=1S/C15H16N2O3S/c1-20-11-6-4-5-10(13(11)18)9-12-14(19)16-15(21-12)17-7-2-3-8-17/h4-6,9,18H,2-3,7-8H2,1H3/b12-9-. The molecule has 0 spiro atoms. The van der Waals surface area contributed by atoms with Crippen molar-refractivity contribution in [3.8, 4) is 11.5 Å². The van der Waals surface area contributed by atoms with Gasteiger partial charge in [-0.2, -0.15) is 4.99 Å². The van der Waals surface area contributed by atoms with Crippen LogP contribution in [0.25, 0.3) is 6.08 Å². The van der Waals surface area contributed by atoms with E-state index in [1.165, 1.54) is 18.9 Å². The van der Waals surface area contributed by atoms with Crippen LogP contribution in [0.3, 0.4) is 0 Å². The number of phenolic OH excluding ortho intramolecular Hbond substituents is 1. The number of ether oxygens (including phenoxy) is 1. The molecule has 1 aromatic rings. The molecule has 1 fully saturated rings. The topological polar surface area (TPSA) is 62.1 Å². The summed E-state index contributed by atoms with van der Waals surface area (Å²) in [6.07, 6.45) is 3.95. The lowest BCUT2D eigenvalue weighted by Crippen LogP contribution is -2.23. The molecule has 1 aromatic carbocycles. The summed E-state index contributed by atoms with van der Waals surface area (Å²) in [4.78, 5) is 18.8. The summed E-state index contributed by atoms with van der Waals surface area (Å²) in [6.45, 7) is 1.91. The minimum atomic E-state index is -0.246. The van der Waals surface area contributed by atoms with Gasteiger partial charge in [0, 0.05) is 18.7 Å². The van der Waals surface area contributed by atoms with Gasteiger partial charge < -0.3 is 14.7 Å². The van der Waals surface area contributed by atoms with Crippen LogP contribution < -0.4 is 4.74 Å². The number of benzene rings is 1. The molecule has 0 saturated carbocycles. The Morgan fingerprint density at radius 2 is 2.14 bits per heavy atom. The Morgan fingerprint density at radius 3 is 2.86 bits per heavy atom. The van der Waals surface area contributed by atoms with Gasteiger partial charge in [0.05, 0.1) is 12.0 Å². The molecular formula is C15H16N2O3S. The van der Waals surface area contributed by atoms with Gasteiger partial charge in [-0.1, -0.05) is 12.1 Å². The Bertz CT molecular complexity index is 634. The second-order valence-corrected chi connectivity index (χ2v) is 5.91. The van der Waals surface area contributed by atoms with Crippen LogP contribution in [0.15, 0.2) is 28.1 Å². The van der Waals surface area contributed by atoms with E-state index in [1.54, 1.807) is 24.3 Å². The number of phenols is 1. The third-order valence-electron chi connectivity index (χ3n) is 3.52. The molecule has 1 amide bonds. The number of aromatic hydroxyl groups is 1. The van der Waals surface area contributed by atoms with E-state index < -0.39 is 0 Å². The predicted octanol–water partition coefficient (Wildman–Crippen LogP) is 2.47. The first-order valence-corrected chi connectivity index (χ1v) is 7.64. The first-order chi connectivity index (χ1) is 10.2. The molecule has 0 atom stereocenters. The first-order valence-electron chi connectivity index (χ1n) is 6.82. The Balaban J connectivity index is 1.84. The van der Waals surface area contributed by atoms with E-state index in [4.69, 9.17) is 4.74 Å². The van der Waals surface area contributed by atoms with Crippen molar-refractivity contribution in [3.05, 3.63) is 28.7 Å². The maximum atomic E-state index is 12.0. The lowest BCUT2D eigenvalue weighted by Gasteiger charge is -2.14. The number of para-hydroxylation sites is 1. The number of amides is 1. The largest absolute Gasteiger partial charge is 0.504 e. The molecule has 2 aliphatic rings. The highest BCUT2D eigenvalue weighted by atomic mass is 32.2. The molecule has 1 N–H and O–H groups in total. The number of thioether (sulfide) groups is 1. The van der Waals surface area contributed by atoms with Crippen molar-refractivity contribution in [1.82, 2.24) is 4.90 Å². The molecule has 0 unspecified atom stereocenters. The molecule has 5 nitrogen and oxygen atoms in total. The Labute approximate surface area is 127 Å². The van der Waals surface area contributed by atoms with E-state index >= 15 is 0 Å². The quantitative estimate of drug-likeness (QED) is 0.850. The van der Waals surface area contributed by atoms with Gasteiger partial charge in [0.15, 0.2) is 16.7 Å². The number of aliphatic imine (C=N–C) groups is 1. The van der Waals surface area contributed by atoms with Crippen molar-refractivity contribution in [2.24, 2.45) is 4.99 Å². The molecule has 1 saturated heterocycles. The molecule has 110 valence electrons. The summed E-state index contributed by atoms with van der Waals surface area (Å²) in [5.74, 6) is 0.181. The van der Waals surface area contributed by atoms with Crippen molar-refractivity contribution in [3.63, 3.8) is 0 Å². The van der Waals surface area contributed by atoms with Crippen LogP contribution in [-0.2, 0) is 4.79 Å². The number of carbonyl (C=O) groups is 1. The lowest BCUT2D eigenvalue weighted by molar-refractivity contribution is -0.113. The van der Waals surface area contributed by atoms with E-state index in [2.05, 4.69) is 9.89 Å². The van der Waals surface area contributed by atoms with Crippen molar-refractivity contribution in [2.75, 3.05) is 20.2 Å². The monoisotopic (exact) mass is 304 g/mol. The van der Waals surface area contributed by atoms with Crippen molar-refractivity contribution in [2.45, 2.75) is 12.8 Å². The number of methoxy groups -OCH3 is 1. The first kappa shape index (κ1) is 14.0. The number of hydrogen-bond acceptors (Lipinski definition) is 5. The van der Waals surface area contributed by atoms with Gasteiger partial charge in [0.25, 0.3) is 5.91 Å². The number of carbonyl (C=O) groups excluding carboxylic acids is 1. The second kappa shape index (κ2) is 5.81. The van der Waals surface area contributed by atoms with E-state index in [0.717, 1.165) is 31.1 Å². The zero-order valence-electron chi connectivity index (χ0n) is 11.7. The zero-order chi connectivity index (χ0) is 14.8. The lowest BCUT2D eigenvalue weighted by atomic mass is 10.1. The highest BCUT2D eigenvalue weighted by Crippen LogP contribution is 2.36. The molecule has 2 aliphatic heterocycles. The fraction of sp³-hybridized carbons (Fsp3) is 0.333. The summed E-state index contributed by atoms with van der Waals surface area (Å²) in [6, 6.07) is 5.19. The number of likely N-dealkylation sites (tertiary alicyclic amines) is 1. The Morgan fingerprint density at radius 1 is 1.38 bits per heavy atom. The third kappa shape index (κ3) is 2.76. The Kier molecular flexibility index (Phi) is 3.88. The molecule has 0 radical (unpaired) electrons. The number of hydrogen-bond donors (Lipinski definition) is 1. The maximum Gasteiger partial charge on any atom is 0.286 e. The van der Waals surface area contributed by atoms with Gasteiger partial charge in [-0.15, -0.1) is 0 Å². The van der Waals surface area contributed by atoms with E-state index in [9.17, 15) is 9.90 Å². The number of rotatable bonds is 2. The fourth-order valence-electron chi connectivity index (χ4n) is 2.40. The van der Waals surface area contributed by atoms with Crippen LogP contribution in [0.1, 0.15) is 18.4 Å². The van der Waals surface area contributed by atoms with Gasteiger partial charge in [-0.25, -0.2) is 0 Å².